The smallest absolute Gasteiger partial charge is 0.242 e. The lowest BCUT2D eigenvalue weighted by Crippen LogP contribution is -2.41. The fraction of sp³-hybridized carbons (Fsp3) is 0.375. The summed E-state index contributed by atoms with van der Waals surface area (Å²) in [5.41, 5.74) is 1.07. The largest absolute Gasteiger partial charge is 0.360 e. The Kier molecular flexibility index (Phi) is 5.57. The van der Waals surface area contributed by atoms with E-state index in [9.17, 15) is 4.79 Å². The number of aromatic nitrogens is 1. The van der Waals surface area contributed by atoms with E-state index in [0.717, 1.165) is 5.56 Å². The predicted octanol–water partition coefficient (Wildman–Crippen LogP) is 3.49. The second-order valence-corrected chi connectivity index (χ2v) is 5.72. The minimum Gasteiger partial charge on any atom is -0.360 e. The lowest BCUT2D eigenvalue weighted by molar-refractivity contribution is -0.121. The number of nitrogens with one attached hydrogen (secondary N) is 1. The van der Waals surface area contributed by atoms with Gasteiger partial charge in [0, 0.05) is 17.6 Å². The van der Waals surface area contributed by atoms with Gasteiger partial charge in [0.1, 0.15) is 5.76 Å². The van der Waals surface area contributed by atoms with Crippen molar-refractivity contribution in [2.45, 2.75) is 32.9 Å². The summed E-state index contributed by atoms with van der Waals surface area (Å²) >= 11 is 6.00. The number of aryl methyl sites for hydroxylation is 1. The first-order valence-electron chi connectivity index (χ1n) is 7.18. The lowest BCUT2D eigenvalue weighted by atomic mass is 10.1. The topological polar surface area (TPSA) is 58.4 Å². The van der Waals surface area contributed by atoms with Gasteiger partial charge in [0.25, 0.3) is 0 Å². The van der Waals surface area contributed by atoms with E-state index in [1.807, 2.05) is 43.1 Å². The van der Waals surface area contributed by atoms with Crippen molar-refractivity contribution >= 4 is 23.3 Å². The van der Waals surface area contributed by atoms with Crippen molar-refractivity contribution in [1.82, 2.24) is 10.1 Å². The average Bonchev–Trinajstić information content (AvgIpc) is 2.84. The number of hydrogen-bond acceptors (Lipinski definition) is 4. The third-order valence-electron chi connectivity index (χ3n) is 3.42. The van der Waals surface area contributed by atoms with E-state index in [4.69, 9.17) is 16.1 Å². The Balaban J connectivity index is 2.01. The van der Waals surface area contributed by atoms with E-state index in [2.05, 4.69) is 10.5 Å². The first-order chi connectivity index (χ1) is 10.5. The molecular weight excluding hydrogens is 302 g/mol. The normalized spacial score (nSPS) is 12.4. The molecule has 22 heavy (non-hydrogen) atoms. The van der Waals surface area contributed by atoms with E-state index in [0.29, 0.717) is 29.6 Å². The minimum absolute atomic E-state index is 0.0969. The highest BCUT2D eigenvalue weighted by molar-refractivity contribution is 6.30. The molecule has 0 radical (unpaired) electrons. The van der Waals surface area contributed by atoms with Crippen LogP contribution >= 0.6 is 11.6 Å². The fourth-order valence-corrected chi connectivity index (χ4v) is 2.58. The van der Waals surface area contributed by atoms with Crippen molar-refractivity contribution in [2.75, 3.05) is 12.4 Å². The molecule has 1 amide bonds. The van der Waals surface area contributed by atoms with Gasteiger partial charge in [-0.25, -0.2) is 0 Å². The van der Waals surface area contributed by atoms with Gasteiger partial charge >= 0.3 is 0 Å². The van der Waals surface area contributed by atoms with Crippen LogP contribution in [0.2, 0.25) is 5.02 Å². The zero-order valence-corrected chi connectivity index (χ0v) is 13.7. The van der Waals surface area contributed by atoms with E-state index in [-0.39, 0.29) is 11.9 Å². The van der Waals surface area contributed by atoms with Gasteiger partial charge in [-0.05, 0) is 38.1 Å². The third kappa shape index (κ3) is 4.32. The Bertz CT molecular complexity index is 642. The molecule has 0 aliphatic rings. The van der Waals surface area contributed by atoms with Gasteiger partial charge < -0.3 is 9.84 Å². The molecule has 0 aliphatic heterocycles. The third-order valence-corrected chi connectivity index (χ3v) is 3.66. The Morgan fingerprint density at radius 3 is 2.82 bits per heavy atom. The number of nitrogens with zero attached hydrogens (tertiary/aromatic N) is 2. The SMILES string of the molecule is CCC(C(=O)Nc1cc(C)on1)N(C)Cc1cccc(Cl)c1. The monoisotopic (exact) mass is 321 g/mol. The second-order valence-electron chi connectivity index (χ2n) is 5.28. The molecule has 118 valence electrons. The maximum atomic E-state index is 12.4. The zero-order chi connectivity index (χ0) is 16.1. The summed E-state index contributed by atoms with van der Waals surface area (Å²) in [6.07, 6.45) is 0.694. The summed E-state index contributed by atoms with van der Waals surface area (Å²) in [6, 6.07) is 9.09. The van der Waals surface area contributed by atoms with Gasteiger partial charge in [-0.1, -0.05) is 35.8 Å². The molecule has 0 spiro atoms. The summed E-state index contributed by atoms with van der Waals surface area (Å²) < 4.78 is 4.96. The molecule has 1 unspecified atom stereocenters. The Morgan fingerprint density at radius 1 is 1.45 bits per heavy atom. The van der Waals surface area contributed by atoms with Crippen LogP contribution in [0.4, 0.5) is 5.82 Å². The van der Waals surface area contributed by atoms with E-state index < -0.39 is 0 Å². The van der Waals surface area contributed by atoms with Crippen LogP contribution < -0.4 is 5.32 Å². The summed E-state index contributed by atoms with van der Waals surface area (Å²) in [5.74, 6) is 1.01. The molecule has 1 heterocycles. The molecule has 0 saturated heterocycles. The molecule has 2 rings (SSSR count). The summed E-state index contributed by atoms with van der Waals surface area (Å²) in [5, 5.41) is 7.26. The first kappa shape index (κ1) is 16.5. The molecular formula is C16H20ClN3O2. The van der Waals surface area contributed by atoms with Crippen LogP contribution in [0.1, 0.15) is 24.7 Å². The summed E-state index contributed by atoms with van der Waals surface area (Å²) in [6.45, 7) is 4.41. The number of likely N-dealkylation sites (N-methyl/N-ethyl adjacent to an activating group) is 1. The Hall–Kier alpha value is -1.85. The minimum atomic E-state index is -0.254. The molecule has 0 aliphatic carbocycles. The van der Waals surface area contributed by atoms with Crippen LogP contribution in [0.5, 0.6) is 0 Å². The van der Waals surface area contributed by atoms with E-state index >= 15 is 0 Å². The molecule has 1 aromatic heterocycles. The highest BCUT2D eigenvalue weighted by atomic mass is 35.5. The first-order valence-corrected chi connectivity index (χ1v) is 7.56. The van der Waals surface area contributed by atoms with Gasteiger partial charge in [0.15, 0.2) is 5.82 Å². The summed E-state index contributed by atoms with van der Waals surface area (Å²) in [7, 11) is 1.92. The number of carbonyl (C=O) groups excluding carboxylic acids is 1. The van der Waals surface area contributed by atoms with Gasteiger partial charge in [0.2, 0.25) is 5.91 Å². The number of anilines is 1. The van der Waals surface area contributed by atoms with Gasteiger partial charge in [-0.3, -0.25) is 9.69 Å². The molecule has 6 heteroatoms. The van der Waals surface area contributed by atoms with Crippen molar-refractivity contribution in [3.63, 3.8) is 0 Å². The van der Waals surface area contributed by atoms with Crippen molar-refractivity contribution in [1.29, 1.82) is 0 Å². The number of halogens is 1. The summed E-state index contributed by atoms with van der Waals surface area (Å²) in [4.78, 5) is 14.4. The van der Waals surface area contributed by atoms with Crippen LogP contribution in [-0.2, 0) is 11.3 Å². The number of amides is 1. The van der Waals surface area contributed by atoms with E-state index in [1.165, 1.54) is 0 Å². The van der Waals surface area contributed by atoms with Crippen molar-refractivity contribution in [2.24, 2.45) is 0 Å². The maximum absolute atomic E-state index is 12.4. The van der Waals surface area contributed by atoms with E-state index in [1.54, 1.807) is 13.0 Å². The van der Waals surface area contributed by atoms with Gasteiger partial charge in [-0.2, -0.15) is 0 Å². The van der Waals surface area contributed by atoms with Crippen LogP contribution in [0.25, 0.3) is 0 Å². The fourth-order valence-electron chi connectivity index (χ4n) is 2.37. The standard InChI is InChI=1S/C16H20ClN3O2/c1-4-14(16(21)18-15-8-11(2)22-19-15)20(3)10-12-6-5-7-13(17)9-12/h5-9,14H,4,10H2,1-3H3,(H,18,19,21). The second kappa shape index (κ2) is 7.42. The molecule has 5 nitrogen and oxygen atoms in total. The Morgan fingerprint density at radius 2 is 2.23 bits per heavy atom. The van der Waals surface area contributed by atoms with Crippen molar-refractivity contribution < 1.29 is 9.32 Å². The van der Waals surface area contributed by atoms with Gasteiger partial charge in [-0.15, -0.1) is 0 Å². The van der Waals surface area contributed by atoms with Crippen LogP contribution in [0.15, 0.2) is 34.9 Å². The van der Waals surface area contributed by atoms with Crippen LogP contribution in [0, 0.1) is 6.92 Å². The molecule has 0 fully saturated rings. The lowest BCUT2D eigenvalue weighted by Gasteiger charge is -2.25. The van der Waals surface area contributed by atoms with Crippen molar-refractivity contribution in [3.8, 4) is 0 Å². The van der Waals surface area contributed by atoms with Crippen LogP contribution in [-0.4, -0.2) is 29.1 Å². The molecule has 0 bridgehead atoms. The van der Waals surface area contributed by atoms with Gasteiger partial charge in [0.05, 0.1) is 6.04 Å². The number of carbonyl (C=O) groups is 1. The number of rotatable bonds is 6. The molecule has 1 atom stereocenters. The molecule has 0 saturated carbocycles. The maximum Gasteiger partial charge on any atom is 0.242 e. The highest BCUT2D eigenvalue weighted by Gasteiger charge is 2.22. The number of benzene rings is 1. The molecule has 1 N–H and O–H groups in total. The zero-order valence-electron chi connectivity index (χ0n) is 13.0. The highest BCUT2D eigenvalue weighted by Crippen LogP contribution is 2.15. The predicted molar refractivity (Wildman–Crippen MR) is 86.9 cm³/mol. The average molecular weight is 322 g/mol. The molecule has 1 aromatic carbocycles. The number of hydrogen-bond donors (Lipinski definition) is 1. The molecule has 2 aromatic rings. The quantitative estimate of drug-likeness (QED) is 0.885. The van der Waals surface area contributed by atoms with Crippen LogP contribution in [0.3, 0.4) is 0 Å². The van der Waals surface area contributed by atoms with Crippen molar-refractivity contribution in [3.05, 3.63) is 46.7 Å². The Labute approximate surface area is 135 Å².